The molecular formula is C19H26N2O5S. The summed E-state index contributed by atoms with van der Waals surface area (Å²) in [5.41, 5.74) is -0.289. The SMILES string of the molecule is CC(C)(C)OC(=O)N1CCC(NC(=O)CSc2ccc(C(=O)O)cc2)CC1. The number of amides is 2. The smallest absolute Gasteiger partial charge is 0.410 e. The number of carboxylic acids is 1. The lowest BCUT2D eigenvalue weighted by Crippen LogP contribution is -2.48. The van der Waals surface area contributed by atoms with Gasteiger partial charge >= 0.3 is 12.1 Å². The van der Waals surface area contributed by atoms with Gasteiger partial charge in [-0.1, -0.05) is 0 Å². The van der Waals surface area contributed by atoms with E-state index in [2.05, 4.69) is 5.32 Å². The molecule has 2 N–H and O–H groups in total. The quantitative estimate of drug-likeness (QED) is 0.746. The van der Waals surface area contributed by atoms with Crippen LogP contribution in [0.5, 0.6) is 0 Å². The number of benzene rings is 1. The van der Waals surface area contributed by atoms with Gasteiger partial charge in [-0.2, -0.15) is 0 Å². The van der Waals surface area contributed by atoms with E-state index in [9.17, 15) is 14.4 Å². The molecule has 0 aliphatic carbocycles. The lowest BCUT2D eigenvalue weighted by molar-refractivity contribution is -0.119. The van der Waals surface area contributed by atoms with Gasteiger partial charge in [-0.15, -0.1) is 11.8 Å². The second-order valence-corrected chi connectivity index (χ2v) is 8.48. The molecule has 148 valence electrons. The molecule has 0 radical (unpaired) electrons. The minimum Gasteiger partial charge on any atom is -0.478 e. The van der Waals surface area contributed by atoms with Crippen molar-refractivity contribution in [3.05, 3.63) is 29.8 Å². The maximum Gasteiger partial charge on any atom is 0.410 e. The molecule has 0 spiro atoms. The second-order valence-electron chi connectivity index (χ2n) is 7.43. The van der Waals surface area contributed by atoms with Crippen LogP contribution in [-0.4, -0.2) is 58.5 Å². The highest BCUT2D eigenvalue weighted by molar-refractivity contribution is 8.00. The van der Waals surface area contributed by atoms with Crippen molar-refractivity contribution >= 4 is 29.7 Å². The van der Waals surface area contributed by atoms with E-state index >= 15 is 0 Å². The normalized spacial score (nSPS) is 15.3. The van der Waals surface area contributed by atoms with Gasteiger partial charge in [-0.05, 0) is 57.9 Å². The molecule has 7 nitrogen and oxygen atoms in total. The van der Waals surface area contributed by atoms with Gasteiger partial charge in [-0.3, -0.25) is 4.79 Å². The van der Waals surface area contributed by atoms with Gasteiger partial charge in [0.1, 0.15) is 5.60 Å². The second kappa shape index (κ2) is 9.12. The Hall–Kier alpha value is -2.22. The Morgan fingerprint density at radius 1 is 1.19 bits per heavy atom. The van der Waals surface area contributed by atoms with Crippen LogP contribution in [0.3, 0.4) is 0 Å². The van der Waals surface area contributed by atoms with Crippen LogP contribution in [-0.2, 0) is 9.53 Å². The van der Waals surface area contributed by atoms with Gasteiger partial charge in [0.25, 0.3) is 0 Å². The van der Waals surface area contributed by atoms with Crippen LogP contribution in [0.25, 0.3) is 0 Å². The Bertz CT molecular complexity index is 676. The molecule has 2 amide bonds. The lowest BCUT2D eigenvalue weighted by atomic mass is 10.1. The van der Waals surface area contributed by atoms with Crippen LogP contribution < -0.4 is 5.32 Å². The summed E-state index contributed by atoms with van der Waals surface area (Å²) in [6.07, 6.45) is 1.08. The lowest BCUT2D eigenvalue weighted by Gasteiger charge is -2.33. The van der Waals surface area contributed by atoms with E-state index in [1.807, 2.05) is 20.8 Å². The first-order valence-corrected chi connectivity index (χ1v) is 9.86. The number of hydrogen-bond donors (Lipinski definition) is 2. The van der Waals surface area contributed by atoms with Crippen LogP contribution in [0, 0.1) is 0 Å². The minimum absolute atomic E-state index is 0.0474. The summed E-state index contributed by atoms with van der Waals surface area (Å²) < 4.78 is 5.36. The number of likely N-dealkylation sites (tertiary alicyclic amines) is 1. The molecule has 1 aliphatic rings. The summed E-state index contributed by atoms with van der Waals surface area (Å²) >= 11 is 1.36. The molecule has 1 heterocycles. The van der Waals surface area contributed by atoms with Crippen LogP contribution in [0.15, 0.2) is 29.2 Å². The van der Waals surface area contributed by atoms with E-state index in [0.717, 1.165) is 4.90 Å². The molecule has 1 aromatic rings. The Balaban J connectivity index is 1.71. The van der Waals surface area contributed by atoms with Crippen LogP contribution in [0.4, 0.5) is 4.79 Å². The molecule has 0 bridgehead atoms. The fraction of sp³-hybridized carbons (Fsp3) is 0.526. The summed E-state index contributed by atoms with van der Waals surface area (Å²) in [5.74, 6) is -0.779. The molecule has 0 unspecified atom stereocenters. The maximum absolute atomic E-state index is 12.1. The van der Waals surface area contributed by atoms with Crippen molar-refractivity contribution in [1.29, 1.82) is 0 Å². The van der Waals surface area contributed by atoms with E-state index in [0.29, 0.717) is 25.9 Å². The summed E-state index contributed by atoms with van der Waals surface area (Å²) in [6.45, 7) is 6.63. The molecule has 1 aliphatic heterocycles. The number of carbonyl (C=O) groups excluding carboxylic acids is 2. The Kier molecular flexibility index (Phi) is 7.12. The third-order valence-corrected chi connectivity index (χ3v) is 4.99. The number of hydrogen-bond acceptors (Lipinski definition) is 5. The Morgan fingerprint density at radius 3 is 2.30 bits per heavy atom. The van der Waals surface area contributed by atoms with Crippen LogP contribution in [0.1, 0.15) is 44.0 Å². The highest BCUT2D eigenvalue weighted by Crippen LogP contribution is 2.19. The first-order valence-electron chi connectivity index (χ1n) is 8.87. The fourth-order valence-corrected chi connectivity index (χ4v) is 3.35. The van der Waals surface area contributed by atoms with Gasteiger partial charge in [0.05, 0.1) is 11.3 Å². The molecule has 1 fully saturated rings. The monoisotopic (exact) mass is 394 g/mol. The number of piperidine rings is 1. The highest BCUT2D eigenvalue weighted by Gasteiger charge is 2.27. The molecule has 27 heavy (non-hydrogen) atoms. The molecule has 0 aromatic heterocycles. The first-order chi connectivity index (χ1) is 12.6. The molecule has 8 heteroatoms. The topological polar surface area (TPSA) is 95.9 Å². The van der Waals surface area contributed by atoms with Crippen LogP contribution in [0.2, 0.25) is 0 Å². The van der Waals surface area contributed by atoms with Crippen molar-refractivity contribution in [3.63, 3.8) is 0 Å². The summed E-state index contributed by atoms with van der Waals surface area (Å²) in [6, 6.07) is 6.48. The van der Waals surface area contributed by atoms with E-state index in [-0.39, 0.29) is 29.4 Å². The molecular weight excluding hydrogens is 368 g/mol. The number of carboxylic acid groups (broad SMARTS) is 1. The fourth-order valence-electron chi connectivity index (χ4n) is 2.64. The maximum atomic E-state index is 12.1. The number of carbonyl (C=O) groups is 3. The summed E-state index contributed by atoms with van der Waals surface area (Å²) in [7, 11) is 0. The minimum atomic E-state index is -0.970. The van der Waals surface area contributed by atoms with E-state index < -0.39 is 11.6 Å². The number of thioether (sulfide) groups is 1. The standard InChI is InChI=1S/C19H26N2O5S/c1-19(2,3)26-18(25)21-10-8-14(9-11-21)20-16(22)12-27-15-6-4-13(5-7-15)17(23)24/h4-7,14H,8-12H2,1-3H3,(H,20,22)(H,23,24). The predicted octanol–water partition coefficient (Wildman–Crippen LogP) is 2.99. The number of nitrogens with zero attached hydrogens (tertiary/aromatic N) is 1. The Morgan fingerprint density at radius 2 is 1.78 bits per heavy atom. The first kappa shape index (κ1) is 21.1. The third-order valence-electron chi connectivity index (χ3n) is 3.98. The van der Waals surface area contributed by atoms with Crippen molar-refractivity contribution in [2.24, 2.45) is 0 Å². The zero-order valence-electron chi connectivity index (χ0n) is 15.9. The largest absolute Gasteiger partial charge is 0.478 e. The van der Waals surface area contributed by atoms with E-state index in [4.69, 9.17) is 9.84 Å². The van der Waals surface area contributed by atoms with Crippen molar-refractivity contribution < 1.29 is 24.2 Å². The molecule has 0 atom stereocenters. The molecule has 2 rings (SSSR count). The summed E-state index contributed by atoms with van der Waals surface area (Å²) in [4.78, 5) is 37.5. The zero-order valence-corrected chi connectivity index (χ0v) is 16.7. The number of nitrogens with one attached hydrogen (secondary N) is 1. The summed E-state index contributed by atoms with van der Waals surface area (Å²) in [5, 5.41) is 11.9. The predicted molar refractivity (Wildman–Crippen MR) is 103 cm³/mol. The van der Waals surface area contributed by atoms with Gasteiger partial charge in [0.15, 0.2) is 0 Å². The van der Waals surface area contributed by atoms with Gasteiger partial charge in [-0.25, -0.2) is 9.59 Å². The van der Waals surface area contributed by atoms with Gasteiger partial charge in [0, 0.05) is 24.0 Å². The average molecular weight is 394 g/mol. The number of aromatic carboxylic acids is 1. The van der Waals surface area contributed by atoms with Crippen molar-refractivity contribution in [2.45, 2.75) is 50.2 Å². The zero-order chi connectivity index (χ0) is 20.0. The van der Waals surface area contributed by atoms with Gasteiger partial charge < -0.3 is 20.1 Å². The van der Waals surface area contributed by atoms with Crippen molar-refractivity contribution in [3.8, 4) is 0 Å². The number of ether oxygens (including phenoxy) is 1. The van der Waals surface area contributed by atoms with Crippen molar-refractivity contribution in [1.82, 2.24) is 10.2 Å². The highest BCUT2D eigenvalue weighted by atomic mass is 32.2. The third kappa shape index (κ3) is 7.13. The Labute approximate surface area is 163 Å². The molecule has 1 aromatic carbocycles. The van der Waals surface area contributed by atoms with Crippen molar-refractivity contribution in [2.75, 3.05) is 18.8 Å². The molecule has 0 saturated carbocycles. The average Bonchev–Trinajstić information content (AvgIpc) is 2.59. The van der Waals surface area contributed by atoms with E-state index in [1.54, 1.807) is 17.0 Å². The number of rotatable bonds is 5. The van der Waals surface area contributed by atoms with Gasteiger partial charge in [0.2, 0.25) is 5.91 Å². The van der Waals surface area contributed by atoms with Crippen LogP contribution >= 0.6 is 11.8 Å². The molecule has 1 saturated heterocycles. The van der Waals surface area contributed by atoms with E-state index in [1.165, 1.54) is 23.9 Å².